The lowest BCUT2D eigenvalue weighted by molar-refractivity contribution is -0.660. The van der Waals surface area contributed by atoms with Crippen LogP contribution in [0.4, 0.5) is 5.69 Å². The van der Waals surface area contributed by atoms with Crippen LogP contribution in [0.25, 0.3) is 38.0 Å². The van der Waals surface area contributed by atoms with Crippen molar-refractivity contribution in [1.29, 1.82) is 0 Å². The van der Waals surface area contributed by atoms with Crippen LogP contribution in [0.5, 0.6) is 0 Å². The Bertz CT molecular complexity index is 1490. The molecule has 0 unspecified atom stereocenters. The highest BCUT2D eigenvalue weighted by Gasteiger charge is 2.23. The first-order valence-corrected chi connectivity index (χ1v) is 9.17. The van der Waals surface area contributed by atoms with E-state index in [-0.39, 0.29) is 23.3 Å². The molecule has 28 heavy (non-hydrogen) atoms. The third-order valence-electron chi connectivity index (χ3n) is 4.85. The van der Waals surface area contributed by atoms with Gasteiger partial charge in [0.25, 0.3) is 0 Å². The minimum atomic E-state index is -2.41. The molecule has 4 aromatic rings. The molecule has 3 heteroatoms. The van der Waals surface area contributed by atoms with E-state index in [1.165, 1.54) is 6.07 Å². The van der Waals surface area contributed by atoms with Crippen LogP contribution in [0.15, 0.2) is 47.0 Å². The Hall–Kier alpha value is -3.12. The van der Waals surface area contributed by atoms with Gasteiger partial charge in [-0.05, 0) is 42.8 Å². The van der Waals surface area contributed by atoms with E-state index in [0.29, 0.717) is 44.3 Å². The SMILES string of the molecule is [2H]c1cc(C([2H])([2H])C(C)C)cc(-c2c(C)cc(C([2H])([2H])[2H])c3c2oc2c([N+]#[C-])cccc23)[n+]1C. The normalized spacial score (nSPS) is 15.6. The summed E-state index contributed by atoms with van der Waals surface area (Å²) in [6, 6.07) is 9.90. The quantitative estimate of drug-likeness (QED) is 0.298. The highest BCUT2D eigenvalue weighted by Crippen LogP contribution is 2.41. The molecule has 0 aliphatic carbocycles. The molecule has 0 radical (unpaired) electrons. The molecule has 0 fully saturated rings. The molecule has 3 nitrogen and oxygen atoms in total. The van der Waals surface area contributed by atoms with Crippen LogP contribution in [0, 0.1) is 26.3 Å². The Labute approximate surface area is 174 Å². The maximum absolute atomic E-state index is 8.56. The lowest BCUT2D eigenvalue weighted by Crippen LogP contribution is -2.31. The van der Waals surface area contributed by atoms with Gasteiger partial charge in [0.05, 0.1) is 12.1 Å². The van der Waals surface area contributed by atoms with Crippen molar-refractivity contribution in [3.8, 4) is 11.3 Å². The van der Waals surface area contributed by atoms with E-state index in [9.17, 15) is 0 Å². The molecule has 0 bridgehead atoms. The van der Waals surface area contributed by atoms with E-state index in [1.807, 2.05) is 0 Å². The van der Waals surface area contributed by atoms with Crippen molar-refractivity contribution in [2.24, 2.45) is 13.0 Å². The molecule has 2 heterocycles. The van der Waals surface area contributed by atoms with Gasteiger partial charge >= 0.3 is 0 Å². The number of benzene rings is 2. The van der Waals surface area contributed by atoms with E-state index >= 15 is 0 Å². The first-order valence-electron chi connectivity index (χ1n) is 12.2. The Morgan fingerprint density at radius 2 is 2.07 bits per heavy atom. The van der Waals surface area contributed by atoms with E-state index in [4.69, 9.17) is 19.2 Å². The van der Waals surface area contributed by atoms with Crippen molar-refractivity contribution in [2.45, 2.75) is 34.0 Å². The number of hydrogen-bond acceptors (Lipinski definition) is 1. The second-order valence-corrected chi connectivity index (χ2v) is 7.30. The summed E-state index contributed by atoms with van der Waals surface area (Å²) in [5.74, 6) is -0.320. The van der Waals surface area contributed by atoms with Gasteiger partial charge in [0.1, 0.15) is 19.6 Å². The molecule has 2 aromatic heterocycles. The number of aryl methyl sites for hydroxylation is 2. The zero-order valence-corrected chi connectivity index (χ0v) is 16.3. The van der Waals surface area contributed by atoms with Crippen molar-refractivity contribution in [1.82, 2.24) is 0 Å². The molecular formula is C25H25N2O+. The Kier molecular flexibility index (Phi) is 3.00. The summed E-state index contributed by atoms with van der Waals surface area (Å²) in [7, 11) is 1.71. The first kappa shape index (κ1) is 12.4. The zero-order valence-electron chi connectivity index (χ0n) is 22.3. The van der Waals surface area contributed by atoms with Gasteiger partial charge in [-0.2, -0.15) is 0 Å². The summed E-state index contributed by atoms with van der Waals surface area (Å²) in [6.07, 6.45) is -1.56. The number of para-hydroxylation sites is 1. The van der Waals surface area contributed by atoms with Crippen molar-refractivity contribution < 1.29 is 17.2 Å². The van der Waals surface area contributed by atoms with Crippen LogP contribution in [-0.2, 0) is 13.4 Å². The van der Waals surface area contributed by atoms with Crippen LogP contribution in [0.2, 0.25) is 0 Å². The molecule has 2 aromatic carbocycles. The summed E-state index contributed by atoms with van der Waals surface area (Å²) in [5, 5.41) is 0.947. The molecule has 0 saturated heterocycles. The summed E-state index contributed by atoms with van der Waals surface area (Å²) in [4.78, 5) is 3.54. The average molecular weight is 376 g/mol. The smallest absolute Gasteiger partial charge is 0.229 e. The fourth-order valence-corrected chi connectivity index (χ4v) is 3.67. The van der Waals surface area contributed by atoms with Crippen LogP contribution in [0.1, 0.15) is 38.8 Å². The minimum Gasteiger partial charge on any atom is -0.466 e. The fourth-order valence-electron chi connectivity index (χ4n) is 3.67. The van der Waals surface area contributed by atoms with Crippen LogP contribution < -0.4 is 4.57 Å². The Balaban J connectivity index is 2.21. The molecule has 0 atom stereocenters. The molecular weight excluding hydrogens is 344 g/mol. The van der Waals surface area contributed by atoms with Crippen LogP contribution in [-0.4, -0.2) is 0 Å². The van der Waals surface area contributed by atoms with Gasteiger partial charge in [-0.3, -0.25) is 0 Å². The van der Waals surface area contributed by atoms with Crippen molar-refractivity contribution in [3.05, 3.63) is 70.7 Å². The van der Waals surface area contributed by atoms with Gasteiger partial charge in [-0.1, -0.05) is 38.1 Å². The number of hydrogen-bond donors (Lipinski definition) is 0. The maximum atomic E-state index is 8.56. The van der Waals surface area contributed by atoms with Gasteiger partial charge in [0, 0.05) is 29.8 Å². The van der Waals surface area contributed by atoms with E-state index in [1.54, 1.807) is 62.7 Å². The predicted octanol–water partition coefficient (Wildman–Crippen LogP) is 6.44. The number of pyridine rings is 1. The lowest BCUT2D eigenvalue weighted by Gasteiger charge is -2.10. The second-order valence-electron chi connectivity index (χ2n) is 7.30. The van der Waals surface area contributed by atoms with Gasteiger partial charge in [0.15, 0.2) is 6.17 Å². The van der Waals surface area contributed by atoms with E-state index < -0.39 is 13.2 Å². The fraction of sp³-hybridized carbons (Fsp3) is 0.280. The summed E-state index contributed by atoms with van der Waals surface area (Å²) >= 11 is 0. The monoisotopic (exact) mass is 375 g/mol. The van der Waals surface area contributed by atoms with Crippen molar-refractivity contribution in [3.63, 3.8) is 0 Å². The molecule has 0 amide bonds. The molecule has 0 aliphatic rings. The topological polar surface area (TPSA) is 21.4 Å². The second kappa shape index (κ2) is 6.80. The highest BCUT2D eigenvalue weighted by atomic mass is 16.3. The van der Waals surface area contributed by atoms with Crippen LogP contribution >= 0.6 is 0 Å². The molecule has 140 valence electrons. The summed E-state index contributed by atoms with van der Waals surface area (Å²) in [6.45, 7) is 10.5. The van der Waals surface area contributed by atoms with Gasteiger partial charge in [0.2, 0.25) is 11.4 Å². The Morgan fingerprint density at radius 1 is 1.25 bits per heavy atom. The van der Waals surface area contributed by atoms with E-state index in [2.05, 4.69) is 4.85 Å². The highest BCUT2D eigenvalue weighted by molar-refractivity contribution is 6.14. The number of nitrogens with zero attached hydrogens (tertiary/aromatic N) is 2. The minimum absolute atomic E-state index is 0.113. The lowest BCUT2D eigenvalue weighted by atomic mass is 9.95. The number of furan rings is 1. The molecule has 0 saturated carbocycles. The zero-order chi connectivity index (χ0) is 25.2. The van der Waals surface area contributed by atoms with Crippen LogP contribution in [0.3, 0.4) is 0 Å². The third kappa shape index (κ3) is 2.86. The average Bonchev–Trinajstić information content (AvgIpc) is 3.13. The first-order chi connectivity index (χ1) is 15.8. The summed E-state index contributed by atoms with van der Waals surface area (Å²) in [5.41, 5.74) is 3.14. The Morgan fingerprint density at radius 3 is 2.79 bits per heavy atom. The summed E-state index contributed by atoms with van der Waals surface area (Å²) < 4.78 is 57.8. The predicted molar refractivity (Wildman–Crippen MR) is 115 cm³/mol. The van der Waals surface area contributed by atoms with Gasteiger partial charge in [-0.25, -0.2) is 9.41 Å². The van der Waals surface area contributed by atoms with Gasteiger partial charge in [-0.15, -0.1) is 0 Å². The third-order valence-corrected chi connectivity index (χ3v) is 4.85. The number of fused-ring (bicyclic) bond motifs is 3. The molecule has 4 rings (SSSR count). The molecule has 0 aliphatic heterocycles. The largest absolute Gasteiger partial charge is 0.466 e. The standard InChI is InChI=1S/C25H25N2O/c1-15(2)12-18-10-11-27(6)21(14-18)23-17(4)13-16(3)22-19-8-7-9-20(26-5)24(19)28-25(22)23/h7-11,13-15H,12H2,1-4,6H3/q+1/i3D3,11D,12D2. The molecule has 0 N–H and O–H groups in total. The van der Waals surface area contributed by atoms with Crippen molar-refractivity contribution in [2.75, 3.05) is 0 Å². The molecule has 0 spiro atoms. The number of rotatable bonds is 3. The van der Waals surface area contributed by atoms with E-state index in [0.717, 1.165) is 0 Å². The maximum Gasteiger partial charge on any atom is 0.229 e. The number of aromatic nitrogens is 1. The van der Waals surface area contributed by atoms with Crippen molar-refractivity contribution >= 4 is 27.6 Å². The van der Waals surface area contributed by atoms with Gasteiger partial charge < -0.3 is 4.42 Å².